The average Bonchev–Trinajstić information content (AvgIpc) is 2.79. The number of carbonyl (C=O) groups excluding carboxylic acids is 1. The number of aromatic nitrogens is 2. The van der Waals surface area contributed by atoms with Gasteiger partial charge in [0.05, 0.1) is 5.52 Å². The molecule has 1 saturated carbocycles. The Kier molecular flexibility index (Phi) is 3.69. The molecule has 20 heavy (non-hydrogen) atoms. The number of amides is 1. The van der Waals surface area contributed by atoms with Gasteiger partial charge in [0.25, 0.3) is 5.91 Å². The number of nitrogens with two attached hydrogens (primary N) is 1. The summed E-state index contributed by atoms with van der Waals surface area (Å²) in [6, 6.07) is 7.75. The maximum atomic E-state index is 12.4. The van der Waals surface area contributed by atoms with Gasteiger partial charge in [-0.2, -0.15) is 5.10 Å². The smallest absolute Gasteiger partial charge is 0.272 e. The van der Waals surface area contributed by atoms with Crippen molar-refractivity contribution in [3.05, 3.63) is 30.0 Å². The van der Waals surface area contributed by atoms with Gasteiger partial charge in [0.2, 0.25) is 0 Å². The summed E-state index contributed by atoms with van der Waals surface area (Å²) in [5.74, 6) is -0.134. The van der Waals surface area contributed by atoms with Crippen molar-refractivity contribution >= 4 is 16.8 Å². The fourth-order valence-electron chi connectivity index (χ4n) is 2.89. The summed E-state index contributed by atoms with van der Waals surface area (Å²) in [7, 11) is 0. The molecule has 0 aliphatic heterocycles. The van der Waals surface area contributed by atoms with E-state index in [1.165, 1.54) is 6.42 Å². The number of carbonyl (C=O) groups is 1. The highest BCUT2D eigenvalue weighted by Crippen LogP contribution is 2.19. The zero-order chi connectivity index (χ0) is 13.9. The van der Waals surface area contributed by atoms with Crippen LogP contribution in [0, 0.1) is 0 Å². The number of benzene rings is 1. The summed E-state index contributed by atoms with van der Waals surface area (Å²) in [6.07, 6.45) is 5.41. The lowest BCUT2D eigenvalue weighted by atomic mass is 10.0. The molecular weight excluding hydrogens is 252 g/mol. The molecule has 5 heteroatoms. The van der Waals surface area contributed by atoms with Crippen LogP contribution >= 0.6 is 0 Å². The van der Waals surface area contributed by atoms with Crippen LogP contribution in [-0.2, 0) is 0 Å². The monoisotopic (exact) mass is 272 g/mol. The predicted molar refractivity (Wildman–Crippen MR) is 78.4 cm³/mol. The molecule has 2 aromatic rings. The van der Waals surface area contributed by atoms with Crippen molar-refractivity contribution in [2.24, 2.45) is 5.73 Å². The van der Waals surface area contributed by atoms with Gasteiger partial charge in [0.1, 0.15) is 0 Å². The third-order valence-electron chi connectivity index (χ3n) is 4.07. The van der Waals surface area contributed by atoms with E-state index in [1.807, 2.05) is 24.3 Å². The summed E-state index contributed by atoms with van der Waals surface area (Å²) in [5.41, 5.74) is 7.48. The van der Waals surface area contributed by atoms with Crippen LogP contribution in [0.25, 0.3) is 10.9 Å². The largest absolute Gasteiger partial charge is 0.346 e. The molecule has 5 nitrogen and oxygen atoms in total. The third-order valence-corrected chi connectivity index (χ3v) is 4.07. The highest BCUT2D eigenvalue weighted by atomic mass is 16.2. The van der Waals surface area contributed by atoms with Gasteiger partial charge in [-0.1, -0.05) is 37.5 Å². The maximum absolute atomic E-state index is 12.4. The van der Waals surface area contributed by atoms with Gasteiger partial charge in [-0.3, -0.25) is 9.89 Å². The molecule has 0 saturated heterocycles. The van der Waals surface area contributed by atoms with Gasteiger partial charge in [-0.15, -0.1) is 0 Å². The second-order valence-corrected chi connectivity index (χ2v) is 5.50. The Morgan fingerprint density at radius 3 is 2.95 bits per heavy atom. The Morgan fingerprint density at radius 1 is 1.25 bits per heavy atom. The predicted octanol–water partition coefficient (Wildman–Crippen LogP) is 1.95. The lowest BCUT2D eigenvalue weighted by Crippen LogP contribution is -2.47. The van der Waals surface area contributed by atoms with Crippen molar-refractivity contribution in [1.29, 1.82) is 0 Å². The number of fused-ring (bicyclic) bond motifs is 1. The van der Waals surface area contributed by atoms with Crippen molar-refractivity contribution in [3.8, 4) is 0 Å². The van der Waals surface area contributed by atoms with Gasteiger partial charge in [0, 0.05) is 17.5 Å². The number of hydrogen-bond donors (Lipinski definition) is 3. The molecule has 0 spiro atoms. The van der Waals surface area contributed by atoms with Crippen LogP contribution in [0.3, 0.4) is 0 Å². The fourth-order valence-corrected chi connectivity index (χ4v) is 2.89. The van der Waals surface area contributed by atoms with E-state index < -0.39 is 0 Å². The minimum absolute atomic E-state index is 0.0478. The number of rotatable bonds is 2. The third kappa shape index (κ3) is 2.54. The minimum atomic E-state index is -0.134. The van der Waals surface area contributed by atoms with Gasteiger partial charge < -0.3 is 11.1 Å². The molecule has 1 aliphatic carbocycles. The van der Waals surface area contributed by atoms with E-state index in [4.69, 9.17) is 5.73 Å². The minimum Gasteiger partial charge on any atom is -0.346 e. The molecule has 2 atom stereocenters. The first-order valence-corrected chi connectivity index (χ1v) is 7.25. The first-order valence-electron chi connectivity index (χ1n) is 7.25. The quantitative estimate of drug-likeness (QED) is 0.731. The van der Waals surface area contributed by atoms with E-state index >= 15 is 0 Å². The van der Waals surface area contributed by atoms with E-state index in [1.54, 1.807) is 0 Å². The van der Waals surface area contributed by atoms with E-state index in [-0.39, 0.29) is 18.0 Å². The molecule has 3 rings (SSSR count). The van der Waals surface area contributed by atoms with Crippen molar-refractivity contribution in [2.45, 2.75) is 44.2 Å². The Bertz CT molecular complexity index is 607. The Balaban J connectivity index is 1.78. The number of para-hydroxylation sites is 1. The van der Waals surface area contributed by atoms with Gasteiger partial charge in [-0.05, 0) is 18.9 Å². The molecular formula is C15H20N4O. The van der Waals surface area contributed by atoms with Crippen molar-refractivity contribution < 1.29 is 4.79 Å². The molecule has 1 aliphatic rings. The van der Waals surface area contributed by atoms with Crippen LogP contribution in [0.15, 0.2) is 24.3 Å². The number of nitrogens with zero attached hydrogens (tertiary/aromatic N) is 1. The molecule has 1 heterocycles. The molecule has 1 aromatic heterocycles. The second kappa shape index (κ2) is 5.63. The van der Waals surface area contributed by atoms with Crippen molar-refractivity contribution in [2.75, 3.05) is 0 Å². The highest BCUT2D eigenvalue weighted by molar-refractivity contribution is 6.04. The van der Waals surface area contributed by atoms with Gasteiger partial charge >= 0.3 is 0 Å². The Morgan fingerprint density at radius 2 is 2.05 bits per heavy atom. The molecule has 0 bridgehead atoms. The summed E-state index contributed by atoms with van der Waals surface area (Å²) in [4.78, 5) is 12.4. The van der Waals surface area contributed by atoms with Crippen LogP contribution in [0.1, 0.15) is 42.6 Å². The molecule has 106 valence electrons. The lowest BCUT2D eigenvalue weighted by Gasteiger charge is -2.22. The number of H-pyrrole nitrogens is 1. The standard InChI is InChI=1S/C15H20N4O/c16-11-7-2-1-3-9-13(11)17-15(20)14-10-6-4-5-8-12(10)18-19-14/h4-6,8,11,13H,1-3,7,9,16H2,(H,17,20)(H,18,19). The topological polar surface area (TPSA) is 83.8 Å². The zero-order valence-electron chi connectivity index (χ0n) is 11.4. The van der Waals surface area contributed by atoms with Crippen LogP contribution in [0.2, 0.25) is 0 Å². The first kappa shape index (κ1) is 13.1. The maximum Gasteiger partial charge on any atom is 0.272 e. The van der Waals surface area contributed by atoms with Crippen LogP contribution in [-0.4, -0.2) is 28.2 Å². The second-order valence-electron chi connectivity index (χ2n) is 5.50. The zero-order valence-corrected chi connectivity index (χ0v) is 11.4. The Hall–Kier alpha value is -1.88. The summed E-state index contributed by atoms with van der Waals surface area (Å²) in [6.45, 7) is 0. The molecule has 0 radical (unpaired) electrons. The molecule has 2 unspecified atom stereocenters. The van der Waals surface area contributed by atoms with E-state index in [2.05, 4.69) is 15.5 Å². The average molecular weight is 272 g/mol. The molecule has 4 N–H and O–H groups in total. The fraction of sp³-hybridized carbons (Fsp3) is 0.467. The first-order chi connectivity index (χ1) is 9.75. The van der Waals surface area contributed by atoms with Crippen LogP contribution in [0.4, 0.5) is 0 Å². The van der Waals surface area contributed by atoms with E-state index in [0.29, 0.717) is 5.69 Å². The lowest BCUT2D eigenvalue weighted by molar-refractivity contribution is 0.0925. The Labute approximate surface area is 117 Å². The van der Waals surface area contributed by atoms with Gasteiger partial charge in [0.15, 0.2) is 5.69 Å². The number of hydrogen-bond acceptors (Lipinski definition) is 3. The normalized spacial score (nSPS) is 23.4. The molecule has 1 amide bonds. The summed E-state index contributed by atoms with van der Waals surface area (Å²) in [5, 5.41) is 10.9. The van der Waals surface area contributed by atoms with E-state index in [9.17, 15) is 4.79 Å². The van der Waals surface area contributed by atoms with Crippen molar-refractivity contribution in [3.63, 3.8) is 0 Å². The SMILES string of the molecule is NC1CCCCCC1NC(=O)c1n[nH]c2ccccc12. The van der Waals surface area contributed by atoms with Gasteiger partial charge in [-0.25, -0.2) is 0 Å². The molecule has 1 aromatic carbocycles. The van der Waals surface area contributed by atoms with Crippen molar-refractivity contribution in [1.82, 2.24) is 15.5 Å². The number of aromatic amines is 1. The summed E-state index contributed by atoms with van der Waals surface area (Å²) < 4.78 is 0. The van der Waals surface area contributed by atoms with Crippen LogP contribution in [0.5, 0.6) is 0 Å². The van der Waals surface area contributed by atoms with Crippen LogP contribution < -0.4 is 11.1 Å². The van der Waals surface area contributed by atoms with E-state index in [0.717, 1.165) is 36.6 Å². The molecule has 1 fully saturated rings. The summed E-state index contributed by atoms with van der Waals surface area (Å²) >= 11 is 0. The number of nitrogens with one attached hydrogen (secondary N) is 2. The highest BCUT2D eigenvalue weighted by Gasteiger charge is 2.24.